The van der Waals surface area contributed by atoms with E-state index in [-0.39, 0.29) is 17.6 Å². The maximum atomic E-state index is 12.2. The van der Waals surface area contributed by atoms with Crippen LogP contribution in [0.4, 0.5) is 5.69 Å². The number of nitrogens with two attached hydrogens (primary N) is 1. The Hall–Kier alpha value is -2.56. The number of methoxy groups -OCH3 is 1. The molecule has 20 heavy (non-hydrogen) atoms. The number of hydrogen-bond acceptors (Lipinski definition) is 4. The first kappa shape index (κ1) is 13.9. The number of nitrogen functional groups attached to an aromatic ring is 1. The van der Waals surface area contributed by atoms with Crippen molar-refractivity contribution in [2.75, 3.05) is 12.8 Å². The number of carbonyl (C=O) groups excluding carboxylic acids is 1. The maximum Gasteiger partial charge on any atom is 0.272 e. The number of anilines is 1. The zero-order chi connectivity index (χ0) is 14.5. The summed E-state index contributed by atoms with van der Waals surface area (Å²) in [6, 6.07) is 10.7. The molecule has 0 aliphatic rings. The van der Waals surface area contributed by atoms with Gasteiger partial charge in [-0.15, -0.1) is 0 Å². The molecule has 2 aromatic rings. The summed E-state index contributed by atoms with van der Waals surface area (Å²) in [5.74, 6) is 0.427. The minimum absolute atomic E-state index is 0.208. The Morgan fingerprint density at radius 1 is 1.30 bits per heavy atom. The number of para-hydroxylation sites is 1. The summed E-state index contributed by atoms with van der Waals surface area (Å²) in [6.07, 6.45) is 1.54. The van der Waals surface area contributed by atoms with Gasteiger partial charge in [-0.1, -0.05) is 18.2 Å². The zero-order valence-electron chi connectivity index (χ0n) is 11.5. The third-order valence-corrected chi connectivity index (χ3v) is 3.01. The van der Waals surface area contributed by atoms with Crippen molar-refractivity contribution < 1.29 is 9.53 Å². The molecule has 1 aromatic heterocycles. The van der Waals surface area contributed by atoms with Gasteiger partial charge in [-0.3, -0.25) is 4.79 Å². The van der Waals surface area contributed by atoms with Crippen molar-refractivity contribution in [2.45, 2.75) is 13.0 Å². The number of benzene rings is 1. The van der Waals surface area contributed by atoms with Gasteiger partial charge in [0.15, 0.2) is 5.69 Å². The molecule has 0 aliphatic carbocycles. The Morgan fingerprint density at radius 2 is 2.05 bits per heavy atom. The molecule has 104 valence electrons. The van der Waals surface area contributed by atoms with E-state index in [1.807, 2.05) is 31.2 Å². The van der Waals surface area contributed by atoms with Crippen LogP contribution < -0.4 is 15.8 Å². The predicted molar refractivity (Wildman–Crippen MR) is 77.5 cm³/mol. The van der Waals surface area contributed by atoms with Gasteiger partial charge in [0.05, 0.1) is 18.8 Å². The van der Waals surface area contributed by atoms with Crippen LogP contribution >= 0.6 is 0 Å². The predicted octanol–water partition coefficient (Wildman–Crippen LogP) is 2.16. The highest BCUT2D eigenvalue weighted by Crippen LogP contribution is 2.24. The molecule has 0 saturated heterocycles. The first-order chi connectivity index (χ1) is 9.63. The highest BCUT2D eigenvalue weighted by molar-refractivity contribution is 5.97. The van der Waals surface area contributed by atoms with Gasteiger partial charge in [0.1, 0.15) is 5.75 Å². The number of pyridine rings is 1. The average molecular weight is 271 g/mol. The van der Waals surface area contributed by atoms with Gasteiger partial charge in [-0.25, -0.2) is 4.98 Å². The fourth-order valence-electron chi connectivity index (χ4n) is 1.97. The molecule has 0 unspecified atom stereocenters. The summed E-state index contributed by atoms with van der Waals surface area (Å²) in [5, 5.41) is 2.87. The molecule has 0 aliphatic heterocycles. The summed E-state index contributed by atoms with van der Waals surface area (Å²) >= 11 is 0. The number of rotatable bonds is 4. The second-order valence-electron chi connectivity index (χ2n) is 4.38. The van der Waals surface area contributed by atoms with E-state index >= 15 is 0 Å². The normalized spacial score (nSPS) is 11.7. The Bertz CT molecular complexity index is 614. The molecule has 0 saturated carbocycles. The monoisotopic (exact) mass is 271 g/mol. The quantitative estimate of drug-likeness (QED) is 0.893. The van der Waals surface area contributed by atoms with E-state index in [0.717, 1.165) is 11.3 Å². The van der Waals surface area contributed by atoms with Gasteiger partial charge in [-0.2, -0.15) is 0 Å². The summed E-state index contributed by atoms with van der Waals surface area (Å²) in [4.78, 5) is 16.2. The lowest BCUT2D eigenvalue weighted by atomic mass is 10.1. The van der Waals surface area contributed by atoms with E-state index in [9.17, 15) is 4.79 Å². The minimum Gasteiger partial charge on any atom is -0.496 e. The zero-order valence-corrected chi connectivity index (χ0v) is 11.5. The van der Waals surface area contributed by atoms with Crippen LogP contribution in [-0.4, -0.2) is 18.0 Å². The lowest BCUT2D eigenvalue weighted by Gasteiger charge is -2.17. The molecule has 2 rings (SSSR count). The Kier molecular flexibility index (Phi) is 4.20. The Balaban J connectivity index is 2.18. The van der Waals surface area contributed by atoms with E-state index in [1.54, 1.807) is 25.4 Å². The molecule has 0 radical (unpaired) electrons. The van der Waals surface area contributed by atoms with Crippen LogP contribution in [0.5, 0.6) is 5.75 Å². The van der Waals surface area contributed by atoms with E-state index < -0.39 is 0 Å². The van der Waals surface area contributed by atoms with E-state index in [4.69, 9.17) is 10.5 Å². The number of ether oxygens (including phenoxy) is 1. The Morgan fingerprint density at radius 3 is 2.75 bits per heavy atom. The van der Waals surface area contributed by atoms with E-state index in [2.05, 4.69) is 10.3 Å². The number of hydrogen-bond donors (Lipinski definition) is 2. The molecule has 0 bridgehead atoms. The maximum absolute atomic E-state index is 12.2. The van der Waals surface area contributed by atoms with Gasteiger partial charge in [0, 0.05) is 11.8 Å². The van der Waals surface area contributed by atoms with E-state index in [1.165, 1.54) is 0 Å². The van der Waals surface area contributed by atoms with Gasteiger partial charge in [0.25, 0.3) is 5.91 Å². The van der Waals surface area contributed by atoms with Gasteiger partial charge in [-0.05, 0) is 25.1 Å². The first-order valence-electron chi connectivity index (χ1n) is 6.27. The van der Waals surface area contributed by atoms with E-state index in [0.29, 0.717) is 5.69 Å². The van der Waals surface area contributed by atoms with Crippen LogP contribution in [-0.2, 0) is 0 Å². The van der Waals surface area contributed by atoms with Crippen molar-refractivity contribution in [3.63, 3.8) is 0 Å². The molecule has 5 nitrogen and oxygen atoms in total. The fourth-order valence-corrected chi connectivity index (χ4v) is 1.97. The summed E-state index contributed by atoms with van der Waals surface area (Å²) in [5.41, 5.74) is 7.23. The number of carbonyl (C=O) groups is 1. The molecule has 1 heterocycles. The van der Waals surface area contributed by atoms with Crippen LogP contribution in [0.2, 0.25) is 0 Å². The topological polar surface area (TPSA) is 77.2 Å². The van der Waals surface area contributed by atoms with Crippen LogP contribution in [0.25, 0.3) is 0 Å². The van der Waals surface area contributed by atoms with Crippen molar-refractivity contribution >= 4 is 11.6 Å². The first-order valence-corrected chi connectivity index (χ1v) is 6.27. The van der Waals surface area contributed by atoms with Gasteiger partial charge >= 0.3 is 0 Å². The molecule has 0 fully saturated rings. The van der Waals surface area contributed by atoms with Gasteiger partial charge < -0.3 is 15.8 Å². The highest BCUT2D eigenvalue weighted by atomic mass is 16.5. The number of nitrogens with one attached hydrogen (secondary N) is 1. The summed E-state index contributed by atoms with van der Waals surface area (Å²) < 4.78 is 5.29. The lowest BCUT2D eigenvalue weighted by molar-refractivity contribution is 0.0935. The molecular weight excluding hydrogens is 254 g/mol. The molecule has 0 spiro atoms. The van der Waals surface area contributed by atoms with Gasteiger partial charge in [0.2, 0.25) is 0 Å². The lowest BCUT2D eigenvalue weighted by Crippen LogP contribution is -2.28. The summed E-state index contributed by atoms with van der Waals surface area (Å²) in [7, 11) is 1.60. The van der Waals surface area contributed by atoms with Crippen LogP contribution in [0.1, 0.15) is 29.0 Å². The number of aromatic nitrogens is 1. The van der Waals surface area contributed by atoms with Crippen molar-refractivity contribution in [1.82, 2.24) is 10.3 Å². The standard InChI is InChI=1S/C15H17N3O2/c1-10(11-6-3-4-8-13(11)20-2)18-15(19)14-12(16)7-5-9-17-14/h3-10H,16H2,1-2H3,(H,18,19)/t10-/m0/s1. The smallest absolute Gasteiger partial charge is 0.272 e. The minimum atomic E-state index is -0.304. The van der Waals surface area contributed by atoms with Crippen molar-refractivity contribution in [1.29, 1.82) is 0 Å². The second-order valence-corrected chi connectivity index (χ2v) is 4.38. The van der Waals surface area contributed by atoms with Crippen LogP contribution in [0.3, 0.4) is 0 Å². The molecule has 1 aromatic carbocycles. The molecule has 1 atom stereocenters. The third kappa shape index (κ3) is 2.88. The molecular formula is C15H17N3O2. The summed E-state index contributed by atoms with van der Waals surface area (Å²) in [6.45, 7) is 1.88. The molecule has 3 N–H and O–H groups in total. The van der Waals surface area contributed by atoms with Crippen LogP contribution in [0, 0.1) is 0 Å². The average Bonchev–Trinajstić information content (AvgIpc) is 2.47. The molecule has 1 amide bonds. The Labute approximate surface area is 117 Å². The molecule has 5 heteroatoms. The SMILES string of the molecule is COc1ccccc1[C@H](C)NC(=O)c1ncccc1N. The largest absolute Gasteiger partial charge is 0.496 e. The fraction of sp³-hybridized carbons (Fsp3) is 0.200. The van der Waals surface area contributed by atoms with Crippen LogP contribution in [0.15, 0.2) is 42.6 Å². The number of amides is 1. The van der Waals surface area contributed by atoms with Crippen molar-refractivity contribution in [3.05, 3.63) is 53.9 Å². The number of nitrogens with zero attached hydrogens (tertiary/aromatic N) is 1. The third-order valence-electron chi connectivity index (χ3n) is 3.01. The van der Waals surface area contributed by atoms with Crippen molar-refractivity contribution in [2.24, 2.45) is 0 Å². The van der Waals surface area contributed by atoms with Crippen molar-refractivity contribution in [3.8, 4) is 5.75 Å². The second kappa shape index (κ2) is 6.06. The highest BCUT2D eigenvalue weighted by Gasteiger charge is 2.16.